The number of furan rings is 1. The van der Waals surface area contributed by atoms with Gasteiger partial charge in [0.15, 0.2) is 5.58 Å². The normalized spacial score (nSPS) is 19.3. The van der Waals surface area contributed by atoms with Crippen molar-refractivity contribution < 1.29 is 14.3 Å². The number of nitrogens with one attached hydrogen (secondary N) is 1. The lowest BCUT2D eigenvalue weighted by molar-refractivity contribution is 0.229. The van der Waals surface area contributed by atoms with Crippen LogP contribution >= 0.6 is 11.6 Å². The van der Waals surface area contributed by atoms with E-state index in [9.17, 15) is 5.11 Å². The number of fused-ring (bicyclic) bond motifs is 1. The largest absolute Gasteiger partial charge is 0.481 e. The van der Waals surface area contributed by atoms with Crippen LogP contribution in [0.2, 0.25) is 5.15 Å². The van der Waals surface area contributed by atoms with Gasteiger partial charge in [0.05, 0.1) is 18.4 Å². The Morgan fingerprint density at radius 2 is 2.14 bits per heavy atom. The lowest BCUT2D eigenvalue weighted by Crippen LogP contribution is -2.18. The van der Waals surface area contributed by atoms with Crippen molar-refractivity contribution in [1.82, 2.24) is 15.0 Å². The van der Waals surface area contributed by atoms with E-state index in [0.717, 1.165) is 24.6 Å². The molecule has 0 saturated heterocycles. The Morgan fingerprint density at radius 1 is 1.32 bits per heavy atom. The fraction of sp³-hybridized carbons (Fsp3) is 0.421. The minimum atomic E-state index is 0.0867. The Hall–Kier alpha value is -2.58. The Bertz CT molecular complexity index is 1020. The molecule has 148 valence electrons. The number of halogens is 1. The van der Waals surface area contributed by atoms with Crippen LogP contribution in [0.15, 0.2) is 16.5 Å². The molecular weight excluding hydrogens is 382 g/mol. The van der Waals surface area contributed by atoms with E-state index in [1.807, 2.05) is 13.0 Å². The zero-order valence-corrected chi connectivity index (χ0v) is 16.5. The lowest BCUT2D eigenvalue weighted by Gasteiger charge is -2.16. The number of pyridine rings is 1. The van der Waals surface area contributed by atoms with Gasteiger partial charge in [-0.25, -0.2) is 9.97 Å². The fourth-order valence-corrected chi connectivity index (χ4v) is 4.01. The molecule has 4 N–H and O–H groups in total. The van der Waals surface area contributed by atoms with E-state index in [1.54, 1.807) is 13.2 Å². The molecular formula is C19H22ClN5O3. The standard InChI is InChI=1S/C19H22ClN5O3/c1-9-16-11(7-14(22-9)27-2)6-13(28-16)15-17(20)24-19(21)25-18(15)23-12-4-3-10(5-12)8-26/h6-7,10,12,26H,3-5,8H2,1-2H3,(H3,21,23,24,25). The van der Waals surface area contributed by atoms with E-state index in [4.69, 9.17) is 26.5 Å². The molecule has 2 atom stereocenters. The molecule has 4 rings (SSSR count). The van der Waals surface area contributed by atoms with Gasteiger partial charge in [-0.2, -0.15) is 4.98 Å². The van der Waals surface area contributed by atoms with Crippen molar-refractivity contribution in [2.75, 3.05) is 24.8 Å². The molecule has 0 radical (unpaired) electrons. The molecule has 0 bridgehead atoms. The highest BCUT2D eigenvalue weighted by atomic mass is 35.5. The van der Waals surface area contributed by atoms with Gasteiger partial charge in [-0.3, -0.25) is 0 Å². The number of anilines is 2. The first-order chi connectivity index (χ1) is 13.5. The number of methoxy groups -OCH3 is 1. The predicted octanol–water partition coefficient (Wildman–Crippen LogP) is 3.41. The Kier molecular flexibility index (Phi) is 4.99. The lowest BCUT2D eigenvalue weighted by atomic mass is 10.1. The van der Waals surface area contributed by atoms with Gasteiger partial charge in [-0.15, -0.1) is 0 Å². The number of hydrogen-bond donors (Lipinski definition) is 3. The van der Waals surface area contributed by atoms with Crippen molar-refractivity contribution in [3.05, 3.63) is 23.0 Å². The first-order valence-corrected chi connectivity index (χ1v) is 9.52. The second-order valence-corrected chi connectivity index (χ2v) is 7.44. The molecule has 1 aliphatic carbocycles. The predicted molar refractivity (Wildman–Crippen MR) is 108 cm³/mol. The number of nitrogens with two attached hydrogens (primary N) is 1. The van der Waals surface area contributed by atoms with Crippen molar-refractivity contribution in [2.24, 2.45) is 5.92 Å². The molecule has 1 saturated carbocycles. The number of ether oxygens (including phenoxy) is 1. The molecule has 0 aliphatic heterocycles. The summed E-state index contributed by atoms with van der Waals surface area (Å²) in [4.78, 5) is 12.8. The van der Waals surface area contributed by atoms with E-state index in [-0.39, 0.29) is 23.8 Å². The van der Waals surface area contributed by atoms with Crippen LogP contribution in [0.5, 0.6) is 5.88 Å². The number of aromatic nitrogens is 3. The SMILES string of the molecule is COc1cc2cc(-c3c(Cl)nc(N)nc3NC3CCC(CO)C3)oc2c(C)n1. The van der Waals surface area contributed by atoms with Gasteiger partial charge in [0.1, 0.15) is 16.7 Å². The highest BCUT2D eigenvalue weighted by Crippen LogP contribution is 2.39. The van der Waals surface area contributed by atoms with Crippen LogP contribution in [-0.4, -0.2) is 39.8 Å². The van der Waals surface area contributed by atoms with E-state index in [2.05, 4.69) is 20.3 Å². The smallest absolute Gasteiger partial charge is 0.223 e. The Labute approximate surface area is 167 Å². The summed E-state index contributed by atoms with van der Waals surface area (Å²) in [5.41, 5.74) is 7.74. The monoisotopic (exact) mass is 403 g/mol. The Balaban J connectivity index is 1.77. The molecule has 2 unspecified atom stereocenters. The zero-order chi connectivity index (χ0) is 19.8. The van der Waals surface area contributed by atoms with E-state index in [0.29, 0.717) is 40.2 Å². The molecule has 1 fully saturated rings. The molecule has 28 heavy (non-hydrogen) atoms. The van der Waals surface area contributed by atoms with Gasteiger partial charge in [-0.05, 0) is 38.2 Å². The van der Waals surface area contributed by atoms with Crippen molar-refractivity contribution in [3.63, 3.8) is 0 Å². The van der Waals surface area contributed by atoms with Gasteiger partial charge in [-0.1, -0.05) is 11.6 Å². The molecule has 3 aromatic heterocycles. The highest BCUT2D eigenvalue weighted by Gasteiger charge is 2.27. The minimum Gasteiger partial charge on any atom is -0.481 e. The average molecular weight is 404 g/mol. The maximum Gasteiger partial charge on any atom is 0.223 e. The van der Waals surface area contributed by atoms with Crippen LogP contribution in [0.4, 0.5) is 11.8 Å². The van der Waals surface area contributed by atoms with Crippen LogP contribution in [0, 0.1) is 12.8 Å². The summed E-state index contributed by atoms with van der Waals surface area (Å²) in [6.07, 6.45) is 2.76. The first kappa shape index (κ1) is 18.8. The van der Waals surface area contributed by atoms with Crippen molar-refractivity contribution in [2.45, 2.75) is 32.2 Å². The number of rotatable bonds is 5. The molecule has 1 aliphatic rings. The number of aliphatic hydroxyl groups excluding tert-OH is 1. The summed E-state index contributed by atoms with van der Waals surface area (Å²) >= 11 is 6.43. The Morgan fingerprint density at radius 3 is 2.86 bits per heavy atom. The second kappa shape index (κ2) is 7.44. The molecule has 0 spiro atoms. The second-order valence-electron chi connectivity index (χ2n) is 7.08. The fourth-order valence-electron chi connectivity index (χ4n) is 3.74. The summed E-state index contributed by atoms with van der Waals surface area (Å²) in [6, 6.07) is 3.84. The van der Waals surface area contributed by atoms with Crippen LogP contribution in [-0.2, 0) is 0 Å². The molecule has 0 aromatic carbocycles. The molecule has 3 heterocycles. The average Bonchev–Trinajstić information content (AvgIpc) is 3.28. The van der Waals surface area contributed by atoms with Crippen molar-refractivity contribution in [1.29, 1.82) is 0 Å². The maximum atomic E-state index is 9.39. The van der Waals surface area contributed by atoms with Gasteiger partial charge in [0, 0.05) is 24.1 Å². The van der Waals surface area contributed by atoms with E-state index < -0.39 is 0 Å². The van der Waals surface area contributed by atoms with Gasteiger partial charge in [0.25, 0.3) is 0 Å². The molecule has 9 heteroatoms. The quantitative estimate of drug-likeness (QED) is 0.554. The number of aryl methyl sites for hydroxylation is 1. The van der Waals surface area contributed by atoms with Crippen LogP contribution in [0.25, 0.3) is 22.3 Å². The summed E-state index contributed by atoms with van der Waals surface area (Å²) < 4.78 is 11.3. The van der Waals surface area contributed by atoms with E-state index >= 15 is 0 Å². The van der Waals surface area contributed by atoms with Crippen LogP contribution < -0.4 is 15.8 Å². The van der Waals surface area contributed by atoms with Crippen LogP contribution in [0.1, 0.15) is 25.0 Å². The zero-order valence-electron chi connectivity index (χ0n) is 15.7. The number of hydrogen-bond acceptors (Lipinski definition) is 8. The first-order valence-electron chi connectivity index (χ1n) is 9.14. The van der Waals surface area contributed by atoms with Gasteiger partial charge >= 0.3 is 0 Å². The van der Waals surface area contributed by atoms with Crippen molar-refractivity contribution in [3.8, 4) is 17.2 Å². The summed E-state index contributed by atoms with van der Waals surface area (Å²) in [6.45, 7) is 2.04. The maximum absolute atomic E-state index is 9.39. The number of nitrogen functional groups attached to an aromatic ring is 1. The topological polar surface area (TPSA) is 119 Å². The third kappa shape index (κ3) is 3.45. The summed E-state index contributed by atoms with van der Waals surface area (Å²) in [7, 11) is 1.57. The summed E-state index contributed by atoms with van der Waals surface area (Å²) in [5, 5.41) is 13.9. The van der Waals surface area contributed by atoms with Gasteiger partial charge in [0.2, 0.25) is 11.8 Å². The third-order valence-corrected chi connectivity index (χ3v) is 5.40. The summed E-state index contributed by atoms with van der Waals surface area (Å²) in [5.74, 6) is 1.94. The van der Waals surface area contributed by atoms with Crippen LogP contribution in [0.3, 0.4) is 0 Å². The molecule has 3 aromatic rings. The van der Waals surface area contributed by atoms with Crippen molar-refractivity contribution >= 4 is 34.3 Å². The minimum absolute atomic E-state index is 0.0867. The van der Waals surface area contributed by atoms with Gasteiger partial charge < -0.3 is 25.3 Å². The third-order valence-electron chi connectivity index (χ3n) is 5.12. The van der Waals surface area contributed by atoms with E-state index in [1.165, 1.54) is 0 Å². The number of nitrogens with zero attached hydrogens (tertiary/aromatic N) is 3. The molecule has 8 nitrogen and oxygen atoms in total. The highest BCUT2D eigenvalue weighted by molar-refractivity contribution is 6.32. The number of aliphatic hydroxyl groups is 1. The molecule has 0 amide bonds.